The summed E-state index contributed by atoms with van der Waals surface area (Å²) >= 11 is 0. The molecule has 1 atom stereocenters. The molecule has 0 saturated heterocycles. The molecule has 92 valence electrons. The molecule has 0 amide bonds. The maximum absolute atomic E-state index is 6.07. The van der Waals surface area contributed by atoms with Gasteiger partial charge in [0.15, 0.2) is 0 Å². The van der Waals surface area contributed by atoms with E-state index in [4.69, 9.17) is 10.5 Å². The van der Waals surface area contributed by atoms with E-state index < -0.39 is 0 Å². The van der Waals surface area contributed by atoms with Gasteiger partial charge in [0, 0.05) is 19.9 Å². The van der Waals surface area contributed by atoms with Crippen LogP contribution in [0.2, 0.25) is 0 Å². The van der Waals surface area contributed by atoms with E-state index in [1.54, 1.807) is 19.5 Å². The van der Waals surface area contributed by atoms with Crippen molar-refractivity contribution < 1.29 is 4.74 Å². The lowest BCUT2D eigenvalue weighted by Gasteiger charge is -2.13. The molecule has 0 aliphatic carbocycles. The van der Waals surface area contributed by atoms with Crippen LogP contribution in [0, 0.1) is 0 Å². The smallest absolute Gasteiger partial charge is 0.129 e. The molecule has 0 aliphatic heterocycles. The minimum atomic E-state index is -0.195. The number of ether oxygens (including phenoxy) is 1. The van der Waals surface area contributed by atoms with Crippen molar-refractivity contribution in [2.45, 2.75) is 25.9 Å². The molecule has 0 saturated carbocycles. The summed E-state index contributed by atoms with van der Waals surface area (Å²) < 4.78 is 7.25. The number of nitrogens with zero attached hydrogens (tertiary/aromatic N) is 3. The molecule has 2 N–H and O–H groups in total. The average molecular weight is 234 g/mol. The highest BCUT2D eigenvalue weighted by Gasteiger charge is 2.16. The van der Waals surface area contributed by atoms with Gasteiger partial charge in [-0.2, -0.15) is 0 Å². The first kappa shape index (κ1) is 12.0. The molecule has 0 aliphatic rings. The van der Waals surface area contributed by atoms with Crippen LogP contribution < -0.4 is 5.73 Å². The summed E-state index contributed by atoms with van der Waals surface area (Å²) in [5.41, 5.74) is 8.05. The Morgan fingerprint density at radius 1 is 1.53 bits per heavy atom. The van der Waals surface area contributed by atoms with Crippen LogP contribution in [-0.2, 0) is 11.3 Å². The van der Waals surface area contributed by atoms with Gasteiger partial charge in [-0.05, 0) is 12.5 Å². The van der Waals surface area contributed by atoms with Crippen molar-refractivity contribution in [1.82, 2.24) is 14.5 Å². The van der Waals surface area contributed by atoms with Crippen LogP contribution in [0.1, 0.15) is 25.2 Å². The SMILES string of the molecule is CCCn1c(C(N)COC)nc2cnccc21. The highest BCUT2D eigenvalue weighted by molar-refractivity contribution is 5.74. The van der Waals surface area contributed by atoms with E-state index in [1.807, 2.05) is 6.07 Å². The number of imidazole rings is 1. The third-order valence-corrected chi connectivity index (χ3v) is 2.71. The fourth-order valence-electron chi connectivity index (χ4n) is 2.00. The molecular weight excluding hydrogens is 216 g/mol. The Bertz CT molecular complexity index is 494. The summed E-state index contributed by atoms with van der Waals surface area (Å²) in [6.45, 7) is 3.52. The zero-order valence-corrected chi connectivity index (χ0v) is 10.3. The predicted octanol–water partition coefficient (Wildman–Crippen LogP) is 1.49. The first-order valence-electron chi connectivity index (χ1n) is 5.82. The fourth-order valence-corrected chi connectivity index (χ4v) is 2.00. The summed E-state index contributed by atoms with van der Waals surface area (Å²) in [5, 5.41) is 0. The van der Waals surface area contributed by atoms with Gasteiger partial charge in [-0.1, -0.05) is 6.92 Å². The number of nitrogens with two attached hydrogens (primary N) is 1. The number of aromatic nitrogens is 3. The van der Waals surface area contributed by atoms with Gasteiger partial charge in [0.1, 0.15) is 11.3 Å². The first-order chi connectivity index (χ1) is 8.27. The molecule has 2 rings (SSSR count). The number of fused-ring (bicyclic) bond motifs is 1. The second-order valence-corrected chi connectivity index (χ2v) is 4.05. The van der Waals surface area contributed by atoms with Gasteiger partial charge in [0.2, 0.25) is 0 Å². The summed E-state index contributed by atoms with van der Waals surface area (Å²) in [6.07, 6.45) is 4.59. The monoisotopic (exact) mass is 234 g/mol. The Hall–Kier alpha value is -1.46. The minimum absolute atomic E-state index is 0.195. The fraction of sp³-hybridized carbons (Fsp3) is 0.500. The Morgan fingerprint density at radius 3 is 3.06 bits per heavy atom. The Morgan fingerprint density at radius 2 is 2.35 bits per heavy atom. The summed E-state index contributed by atoms with van der Waals surface area (Å²) in [5.74, 6) is 0.872. The van der Waals surface area contributed by atoms with Crippen LogP contribution in [0.3, 0.4) is 0 Å². The number of hydrogen-bond acceptors (Lipinski definition) is 4. The van der Waals surface area contributed by atoms with Crippen LogP contribution >= 0.6 is 0 Å². The molecule has 2 aromatic rings. The number of pyridine rings is 1. The molecule has 0 bridgehead atoms. The molecule has 5 heteroatoms. The molecule has 0 radical (unpaired) electrons. The Balaban J connectivity index is 2.49. The normalized spacial score (nSPS) is 13.1. The minimum Gasteiger partial charge on any atom is -0.383 e. The van der Waals surface area contributed by atoms with E-state index in [2.05, 4.69) is 21.5 Å². The number of aryl methyl sites for hydroxylation is 1. The summed E-state index contributed by atoms with van der Waals surface area (Å²) in [6, 6.07) is 1.78. The Kier molecular flexibility index (Phi) is 3.71. The van der Waals surface area contributed by atoms with E-state index in [1.165, 1.54) is 0 Å². The molecule has 2 aromatic heterocycles. The average Bonchev–Trinajstić information content (AvgIpc) is 2.70. The lowest BCUT2D eigenvalue weighted by Crippen LogP contribution is -2.21. The van der Waals surface area contributed by atoms with Gasteiger partial charge in [0.25, 0.3) is 0 Å². The van der Waals surface area contributed by atoms with Crippen LogP contribution in [0.5, 0.6) is 0 Å². The van der Waals surface area contributed by atoms with Crippen LogP contribution in [0.15, 0.2) is 18.5 Å². The lowest BCUT2D eigenvalue weighted by molar-refractivity contribution is 0.177. The molecular formula is C12H18N4O. The van der Waals surface area contributed by atoms with Gasteiger partial charge in [-0.25, -0.2) is 4.98 Å². The van der Waals surface area contributed by atoms with Crippen molar-refractivity contribution in [3.05, 3.63) is 24.3 Å². The van der Waals surface area contributed by atoms with E-state index in [-0.39, 0.29) is 6.04 Å². The van der Waals surface area contributed by atoms with Crippen molar-refractivity contribution >= 4 is 11.0 Å². The maximum Gasteiger partial charge on any atom is 0.129 e. The molecule has 0 spiro atoms. The molecule has 0 aromatic carbocycles. The second-order valence-electron chi connectivity index (χ2n) is 4.05. The largest absolute Gasteiger partial charge is 0.383 e. The number of methoxy groups -OCH3 is 1. The molecule has 17 heavy (non-hydrogen) atoms. The van der Waals surface area contributed by atoms with Crippen molar-refractivity contribution in [2.75, 3.05) is 13.7 Å². The van der Waals surface area contributed by atoms with E-state index in [9.17, 15) is 0 Å². The topological polar surface area (TPSA) is 66.0 Å². The maximum atomic E-state index is 6.07. The predicted molar refractivity (Wildman–Crippen MR) is 66.6 cm³/mol. The molecule has 2 heterocycles. The Labute approximate surface area is 101 Å². The van der Waals surface area contributed by atoms with Crippen molar-refractivity contribution in [1.29, 1.82) is 0 Å². The number of hydrogen-bond donors (Lipinski definition) is 1. The van der Waals surface area contributed by atoms with Gasteiger partial charge in [0.05, 0.1) is 24.4 Å². The van der Waals surface area contributed by atoms with Gasteiger partial charge >= 0.3 is 0 Å². The van der Waals surface area contributed by atoms with Crippen molar-refractivity contribution in [3.63, 3.8) is 0 Å². The van der Waals surface area contributed by atoms with E-state index in [0.29, 0.717) is 6.61 Å². The summed E-state index contributed by atoms with van der Waals surface area (Å²) in [4.78, 5) is 8.63. The zero-order valence-electron chi connectivity index (χ0n) is 10.3. The second kappa shape index (κ2) is 5.25. The third-order valence-electron chi connectivity index (χ3n) is 2.71. The lowest BCUT2D eigenvalue weighted by atomic mass is 10.3. The highest BCUT2D eigenvalue weighted by atomic mass is 16.5. The van der Waals surface area contributed by atoms with Crippen LogP contribution in [0.4, 0.5) is 0 Å². The highest BCUT2D eigenvalue weighted by Crippen LogP contribution is 2.19. The summed E-state index contributed by atoms with van der Waals surface area (Å²) in [7, 11) is 1.65. The van der Waals surface area contributed by atoms with Crippen LogP contribution in [-0.4, -0.2) is 28.3 Å². The van der Waals surface area contributed by atoms with E-state index in [0.717, 1.165) is 29.8 Å². The molecule has 1 unspecified atom stereocenters. The molecule has 5 nitrogen and oxygen atoms in total. The standard InChI is InChI=1S/C12H18N4O/c1-3-6-16-11-4-5-14-7-10(11)15-12(16)9(13)8-17-2/h4-5,7,9H,3,6,8,13H2,1-2H3. The van der Waals surface area contributed by atoms with E-state index >= 15 is 0 Å². The van der Waals surface area contributed by atoms with Gasteiger partial charge in [-0.15, -0.1) is 0 Å². The first-order valence-corrected chi connectivity index (χ1v) is 5.82. The third kappa shape index (κ3) is 2.30. The number of rotatable bonds is 5. The van der Waals surface area contributed by atoms with Gasteiger partial charge < -0.3 is 15.0 Å². The zero-order chi connectivity index (χ0) is 12.3. The molecule has 0 fully saturated rings. The quantitative estimate of drug-likeness (QED) is 0.851. The van der Waals surface area contributed by atoms with Crippen LogP contribution in [0.25, 0.3) is 11.0 Å². The van der Waals surface area contributed by atoms with Gasteiger partial charge in [-0.3, -0.25) is 4.98 Å². The van der Waals surface area contributed by atoms with Crippen molar-refractivity contribution in [2.24, 2.45) is 5.73 Å². The van der Waals surface area contributed by atoms with Crippen molar-refractivity contribution in [3.8, 4) is 0 Å².